The van der Waals surface area contributed by atoms with Gasteiger partial charge >= 0.3 is 0 Å². The molecule has 5 heteroatoms. The maximum Gasteiger partial charge on any atom is 0.129 e. The van der Waals surface area contributed by atoms with Gasteiger partial charge in [0, 0.05) is 11.4 Å². The molecule has 0 fully saturated rings. The highest BCUT2D eigenvalue weighted by Crippen LogP contribution is 2.17. The molecule has 0 bridgehead atoms. The zero-order valence-corrected chi connectivity index (χ0v) is 11.8. The van der Waals surface area contributed by atoms with Crippen LogP contribution in [0.4, 0.5) is 5.82 Å². The van der Waals surface area contributed by atoms with Crippen molar-refractivity contribution in [3.05, 3.63) is 46.3 Å². The Morgan fingerprint density at radius 3 is 2.83 bits per heavy atom. The third-order valence-electron chi connectivity index (χ3n) is 2.62. The van der Waals surface area contributed by atoms with Crippen LogP contribution in [0.1, 0.15) is 17.5 Å². The van der Waals surface area contributed by atoms with Crippen LogP contribution in [-0.4, -0.2) is 16.5 Å². The molecule has 0 amide bonds. The molecule has 2 rings (SSSR count). The van der Waals surface area contributed by atoms with Gasteiger partial charge in [-0.1, -0.05) is 24.4 Å². The molecule has 0 aromatic carbocycles. The Hall–Kier alpha value is -1.46. The number of rotatable bonds is 5. The van der Waals surface area contributed by atoms with Gasteiger partial charge in [-0.25, -0.2) is 4.98 Å². The van der Waals surface area contributed by atoms with Gasteiger partial charge in [0.05, 0.1) is 12.2 Å². The van der Waals surface area contributed by atoms with Crippen molar-refractivity contribution in [2.45, 2.75) is 13.5 Å². The summed E-state index contributed by atoms with van der Waals surface area (Å²) in [4.78, 5) is 8.35. The molecule has 0 radical (unpaired) electrons. The van der Waals surface area contributed by atoms with E-state index in [4.69, 9.17) is 18.0 Å². The highest BCUT2D eigenvalue weighted by molar-refractivity contribution is 7.80. The number of thiophene rings is 1. The van der Waals surface area contributed by atoms with Gasteiger partial charge < -0.3 is 10.6 Å². The van der Waals surface area contributed by atoms with Crippen molar-refractivity contribution in [3.8, 4) is 0 Å². The summed E-state index contributed by atoms with van der Waals surface area (Å²) >= 11 is 6.71. The second-order valence-corrected chi connectivity index (χ2v) is 5.31. The average Bonchev–Trinajstić information content (AvgIpc) is 2.89. The lowest BCUT2D eigenvalue weighted by Gasteiger charge is -2.21. The number of thiocarbonyl (C=S) groups is 1. The molecule has 0 atom stereocenters. The second-order valence-electron chi connectivity index (χ2n) is 3.84. The third-order valence-corrected chi connectivity index (χ3v) is 3.69. The predicted octanol–water partition coefficient (Wildman–Crippen LogP) is 2.80. The maximum atomic E-state index is 5.61. The predicted molar refractivity (Wildman–Crippen MR) is 81.2 cm³/mol. The summed E-state index contributed by atoms with van der Waals surface area (Å²) in [5.74, 6) is 0.913. The second kappa shape index (κ2) is 5.93. The molecule has 0 saturated carbocycles. The minimum Gasteiger partial charge on any atom is -0.388 e. The zero-order valence-electron chi connectivity index (χ0n) is 10.2. The molecule has 0 saturated heterocycles. The van der Waals surface area contributed by atoms with Crippen LogP contribution in [0.15, 0.2) is 35.7 Å². The first kappa shape index (κ1) is 13.0. The number of hydrogen-bond donors (Lipinski definition) is 1. The van der Waals surface area contributed by atoms with Crippen molar-refractivity contribution in [1.29, 1.82) is 0 Å². The Morgan fingerprint density at radius 2 is 2.22 bits per heavy atom. The van der Waals surface area contributed by atoms with E-state index in [9.17, 15) is 0 Å². The summed E-state index contributed by atoms with van der Waals surface area (Å²) < 4.78 is 0. The van der Waals surface area contributed by atoms with Crippen LogP contribution in [-0.2, 0) is 6.54 Å². The molecule has 2 heterocycles. The highest BCUT2D eigenvalue weighted by atomic mass is 32.1. The molecule has 0 aliphatic carbocycles. The quantitative estimate of drug-likeness (QED) is 0.853. The van der Waals surface area contributed by atoms with E-state index in [1.807, 2.05) is 18.2 Å². The molecule has 3 nitrogen and oxygen atoms in total. The number of aromatic nitrogens is 1. The topological polar surface area (TPSA) is 42.1 Å². The van der Waals surface area contributed by atoms with E-state index in [1.54, 1.807) is 11.3 Å². The van der Waals surface area contributed by atoms with Crippen LogP contribution in [0.5, 0.6) is 0 Å². The fraction of sp³-hybridized carbons (Fsp3) is 0.231. The van der Waals surface area contributed by atoms with E-state index >= 15 is 0 Å². The van der Waals surface area contributed by atoms with Crippen molar-refractivity contribution in [1.82, 2.24) is 4.98 Å². The van der Waals surface area contributed by atoms with Crippen molar-refractivity contribution >= 4 is 34.4 Å². The molecule has 0 aliphatic rings. The van der Waals surface area contributed by atoms with Gasteiger partial charge in [0.1, 0.15) is 10.8 Å². The van der Waals surface area contributed by atoms with E-state index in [0.29, 0.717) is 10.7 Å². The van der Waals surface area contributed by atoms with E-state index < -0.39 is 0 Å². The van der Waals surface area contributed by atoms with E-state index in [-0.39, 0.29) is 0 Å². The Morgan fingerprint density at radius 1 is 1.39 bits per heavy atom. The first-order chi connectivity index (χ1) is 8.70. The van der Waals surface area contributed by atoms with Gasteiger partial charge in [-0.05, 0) is 30.5 Å². The lowest BCUT2D eigenvalue weighted by Crippen LogP contribution is -2.23. The zero-order chi connectivity index (χ0) is 13.0. The first-order valence-corrected chi connectivity index (χ1v) is 7.03. The summed E-state index contributed by atoms with van der Waals surface area (Å²) in [6.45, 7) is 3.87. The Bertz CT molecular complexity index is 523. The summed E-state index contributed by atoms with van der Waals surface area (Å²) in [6, 6.07) is 9.95. The monoisotopic (exact) mass is 277 g/mol. The van der Waals surface area contributed by atoms with Crippen LogP contribution in [0.25, 0.3) is 0 Å². The number of anilines is 1. The smallest absolute Gasteiger partial charge is 0.129 e. The lowest BCUT2D eigenvalue weighted by atomic mass is 10.3. The molecule has 2 N–H and O–H groups in total. The molecule has 18 heavy (non-hydrogen) atoms. The minimum absolute atomic E-state index is 0.337. The Balaban J connectivity index is 2.21. The van der Waals surface area contributed by atoms with Gasteiger partial charge in [-0.2, -0.15) is 0 Å². The van der Waals surface area contributed by atoms with Crippen LogP contribution >= 0.6 is 23.6 Å². The average molecular weight is 277 g/mol. The van der Waals surface area contributed by atoms with Gasteiger partial charge in [-0.15, -0.1) is 11.3 Å². The Labute approximate surface area is 116 Å². The fourth-order valence-corrected chi connectivity index (χ4v) is 2.52. The minimum atomic E-state index is 0.337. The summed E-state index contributed by atoms with van der Waals surface area (Å²) in [6.07, 6.45) is 0. The van der Waals surface area contributed by atoms with Crippen LogP contribution < -0.4 is 10.6 Å². The number of nitrogens with zero attached hydrogens (tertiary/aromatic N) is 2. The van der Waals surface area contributed by atoms with Crippen LogP contribution in [0.3, 0.4) is 0 Å². The summed E-state index contributed by atoms with van der Waals surface area (Å²) in [7, 11) is 0. The third kappa shape index (κ3) is 3.05. The first-order valence-electron chi connectivity index (χ1n) is 5.75. The normalized spacial score (nSPS) is 10.3. The molecule has 0 spiro atoms. The number of hydrogen-bond acceptors (Lipinski definition) is 4. The van der Waals surface area contributed by atoms with E-state index in [1.165, 1.54) is 4.88 Å². The molecule has 94 valence electrons. The van der Waals surface area contributed by atoms with Gasteiger partial charge in [0.2, 0.25) is 0 Å². The summed E-state index contributed by atoms with van der Waals surface area (Å²) in [5.41, 5.74) is 6.29. The molecule has 2 aromatic heterocycles. The highest BCUT2D eigenvalue weighted by Gasteiger charge is 2.08. The lowest BCUT2D eigenvalue weighted by molar-refractivity contribution is 0.822. The van der Waals surface area contributed by atoms with E-state index in [0.717, 1.165) is 18.9 Å². The maximum absolute atomic E-state index is 5.61. The van der Waals surface area contributed by atoms with Crippen molar-refractivity contribution in [3.63, 3.8) is 0 Å². The summed E-state index contributed by atoms with van der Waals surface area (Å²) in [5, 5.41) is 2.09. The van der Waals surface area contributed by atoms with E-state index in [2.05, 4.69) is 34.3 Å². The van der Waals surface area contributed by atoms with Crippen LogP contribution in [0, 0.1) is 0 Å². The molecule has 0 aliphatic heterocycles. The standard InChI is InChI=1S/C13H15N3S2/c1-2-16(9-10-5-4-8-18-10)12-7-3-6-11(15-12)13(14)17/h3-8H,2,9H2,1H3,(H2,14,17). The molecular formula is C13H15N3S2. The van der Waals surface area contributed by atoms with Gasteiger partial charge in [0.15, 0.2) is 0 Å². The van der Waals surface area contributed by atoms with Gasteiger partial charge in [0.25, 0.3) is 0 Å². The van der Waals surface area contributed by atoms with Crippen LogP contribution in [0.2, 0.25) is 0 Å². The molecular weight excluding hydrogens is 262 g/mol. The molecule has 2 aromatic rings. The molecule has 0 unspecified atom stereocenters. The van der Waals surface area contributed by atoms with Crippen molar-refractivity contribution in [2.24, 2.45) is 5.73 Å². The van der Waals surface area contributed by atoms with Crippen molar-refractivity contribution < 1.29 is 0 Å². The Kier molecular flexibility index (Phi) is 4.28. The number of pyridine rings is 1. The fourth-order valence-electron chi connectivity index (χ4n) is 1.68. The SMILES string of the molecule is CCN(Cc1cccs1)c1cccc(C(N)=S)n1. The largest absolute Gasteiger partial charge is 0.388 e. The van der Waals surface area contributed by atoms with Gasteiger partial charge in [-0.3, -0.25) is 0 Å². The number of nitrogens with two attached hydrogens (primary N) is 1. The van der Waals surface area contributed by atoms with Crippen molar-refractivity contribution in [2.75, 3.05) is 11.4 Å².